The van der Waals surface area contributed by atoms with Crippen LogP contribution in [0.15, 0.2) is 47.4 Å². The SMILES string of the molecule is CCN(c1cccc(C)c1)S(=O)(=O)c1ccc(F)c([N+](=O)[O-])c1. The Morgan fingerprint density at radius 2 is 1.91 bits per heavy atom. The van der Waals surface area contributed by atoms with Crippen LogP contribution in [0.5, 0.6) is 0 Å². The molecule has 2 aromatic rings. The highest BCUT2D eigenvalue weighted by Gasteiger charge is 2.27. The second kappa shape index (κ2) is 6.33. The number of nitrogens with zero attached hydrogens (tertiary/aromatic N) is 2. The predicted octanol–water partition coefficient (Wildman–Crippen LogP) is 3.26. The number of nitro benzene ring substituents is 1. The summed E-state index contributed by atoms with van der Waals surface area (Å²) in [6.45, 7) is 3.61. The van der Waals surface area contributed by atoms with E-state index in [9.17, 15) is 22.9 Å². The number of hydrogen-bond donors (Lipinski definition) is 0. The number of hydrogen-bond acceptors (Lipinski definition) is 4. The molecule has 0 amide bonds. The van der Waals surface area contributed by atoms with Crippen molar-refractivity contribution in [3.05, 3.63) is 64.0 Å². The van der Waals surface area contributed by atoms with Crippen molar-refractivity contribution in [1.82, 2.24) is 0 Å². The zero-order valence-electron chi connectivity index (χ0n) is 12.6. The van der Waals surface area contributed by atoms with Crippen molar-refractivity contribution >= 4 is 21.4 Å². The second-order valence-corrected chi connectivity index (χ2v) is 6.74. The third-order valence-corrected chi connectivity index (χ3v) is 5.18. The van der Waals surface area contributed by atoms with Gasteiger partial charge in [0.25, 0.3) is 10.0 Å². The van der Waals surface area contributed by atoms with Gasteiger partial charge in [-0.15, -0.1) is 0 Å². The summed E-state index contributed by atoms with van der Waals surface area (Å²) in [6, 6.07) is 9.42. The molecule has 0 aliphatic rings. The number of halogens is 1. The molecule has 0 spiro atoms. The number of rotatable bonds is 5. The predicted molar refractivity (Wildman–Crippen MR) is 84.4 cm³/mol. The van der Waals surface area contributed by atoms with E-state index in [4.69, 9.17) is 0 Å². The standard InChI is InChI=1S/C15H15FN2O4S/c1-3-17(12-6-4-5-11(2)9-12)23(21,22)13-7-8-14(16)15(10-13)18(19)20/h4-10H,3H2,1-2H3. The van der Waals surface area contributed by atoms with Gasteiger partial charge in [-0.2, -0.15) is 4.39 Å². The highest BCUT2D eigenvalue weighted by molar-refractivity contribution is 7.92. The van der Waals surface area contributed by atoms with Gasteiger partial charge in [-0.1, -0.05) is 12.1 Å². The van der Waals surface area contributed by atoms with Crippen molar-refractivity contribution in [1.29, 1.82) is 0 Å². The van der Waals surface area contributed by atoms with E-state index in [1.807, 2.05) is 13.0 Å². The van der Waals surface area contributed by atoms with Crippen LogP contribution >= 0.6 is 0 Å². The molecule has 23 heavy (non-hydrogen) atoms. The fraction of sp³-hybridized carbons (Fsp3) is 0.200. The molecule has 0 unspecified atom stereocenters. The monoisotopic (exact) mass is 338 g/mol. The largest absolute Gasteiger partial charge is 0.306 e. The van der Waals surface area contributed by atoms with E-state index in [1.54, 1.807) is 25.1 Å². The molecule has 8 heteroatoms. The van der Waals surface area contributed by atoms with Crippen molar-refractivity contribution in [2.45, 2.75) is 18.7 Å². The van der Waals surface area contributed by atoms with E-state index in [-0.39, 0.29) is 11.4 Å². The van der Waals surface area contributed by atoms with E-state index in [1.165, 1.54) is 0 Å². The molecular formula is C15H15FN2O4S. The molecule has 6 nitrogen and oxygen atoms in total. The van der Waals surface area contributed by atoms with Crippen molar-refractivity contribution < 1.29 is 17.7 Å². The minimum atomic E-state index is -4.03. The number of anilines is 1. The first-order valence-electron chi connectivity index (χ1n) is 6.80. The van der Waals surface area contributed by atoms with Gasteiger partial charge in [0.15, 0.2) is 0 Å². The zero-order valence-corrected chi connectivity index (χ0v) is 13.4. The number of nitro groups is 1. The van der Waals surface area contributed by atoms with E-state index >= 15 is 0 Å². The molecule has 0 aliphatic carbocycles. The lowest BCUT2D eigenvalue weighted by Crippen LogP contribution is -2.30. The normalized spacial score (nSPS) is 11.3. The zero-order chi connectivity index (χ0) is 17.2. The van der Waals surface area contributed by atoms with Crippen molar-refractivity contribution in [3.63, 3.8) is 0 Å². The lowest BCUT2D eigenvalue weighted by atomic mass is 10.2. The fourth-order valence-electron chi connectivity index (χ4n) is 2.19. The molecule has 0 radical (unpaired) electrons. The van der Waals surface area contributed by atoms with Crippen LogP contribution in [-0.4, -0.2) is 19.9 Å². The first kappa shape index (κ1) is 16.9. The van der Waals surface area contributed by atoms with Crippen LogP contribution in [0.2, 0.25) is 0 Å². The average molecular weight is 338 g/mol. The Balaban J connectivity index is 2.56. The second-order valence-electron chi connectivity index (χ2n) is 4.88. The number of aryl methyl sites for hydroxylation is 1. The summed E-state index contributed by atoms with van der Waals surface area (Å²) in [4.78, 5) is 9.54. The first-order valence-corrected chi connectivity index (χ1v) is 8.24. The van der Waals surface area contributed by atoms with Crippen molar-refractivity contribution in [2.75, 3.05) is 10.8 Å². The maximum absolute atomic E-state index is 13.4. The summed E-state index contributed by atoms with van der Waals surface area (Å²) >= 11 is 0. The first-order chi connectivity index (χ1) is 10.8. The van der Waals surface area contributed by atoms with Gasteiger partial charge in [-0.05, 0) is 43.7 Å². The van der Waals surface area contributed by atoms with Crippen molar-refractivity contribution in [2.24, 2.45) is 0 Å². The van der Waals surface area contributed by atoms with Crippen LogP contribution in [0, 0.1) is 22.9 Å². The molecule has 0 N–H and O–H groups in total. The summed E-state index contributed by atoms with van der Waals surface area (Å²) in [5.74, 6) is -1.08. The van der Waals surface area contributed by atoms with Gasteiger partial charge in [0.1, 0.15) is 0 Å². The molecule has 0 fully saturated rings. The molecule has 2 rings (SSSR count). The van der Waals surface area contributed by atoms with Gasteiger partial charge in [0.2, 0.25) is 5.82 Å². The van der Waals surface area contributed by atoms with Gasteiger partial charge in [-0.25, -0.2) is 8.42 Å². The van der Waals surface area contributed by atoms with E-state index < -0.39 is 26.5 Å². The van der Waals surface area contributed by atoms with Gasteiger partial charge >= 0.3 is 5.69 Å². The molecule has 0 saturated heterocycles. The van der Waals surface area contributed by atoms with Gasteiger partial charge < -0.3 is 0 Å². The Hall–Kier alpha value is -2.48. The number of benzene rings is 2. The lowest BCUT2D eigenvalue weighted by molar-refractivity contribution is -0.387. The molecule has 0 atom stereocenters. The van der Waals surface area contributed by atoms with E-state index in [0.29, 0.717) is 5.69 Å². The molecule has 0 saturated carbocycles. The molecule has 122 valence electrons. The minimum absolute atomic E-state index is 0.136. The van der Waals surface area contributed by atoms with Gasteiger partial charge in [-0.3, -0.25) is 14.4 Å². The Labute approximate surface area is 133 Å². The maximum atomic E-state index is 13.4. The molecule has 0 aromatic heterocycles. The van der Waals surface area contributed by atoms with E-state index in [2.05, 4.69) is 0 Å². The molecule has 0 heterocycles. The summed E-state index contributed by atoms with van der Waals surface area (Å²) in [5, 5.41) is 10.8. The van der Waals surface area contributed by atoms with Crippen LogP contribution in [0.25, 0.3) is 0 Å². The Morgan fingerprint density at radius 1 is 1.22 bits per heavy atom. The summed E-state index contributed by atoms with van der Waals surface area (Å²) in [7, 11) is -4.03. The summed E-state index contributed by atoms with van der Waals surface area (Å²) in [5.41, 5.74) is 0.451. The topological polar surface area (TPSA) is 80.5 Å². The van der Waals surface area contributed by atoms with Crippen LogP contribution in [0.4, 0.5) is 15.8 Å². The van der Waals surface area contributed by atoms with Gasteiger partial charge in [0, 0.05) is 12.6 Å². The average Bonchev–Trinajstić information content (AvgIpc) is 2.47. The quantitative estimate of drug-likeness (QED) is 0.619. The van der Waals surface area contributed by atoms with Crippen molar-refractivity contribution in [3.8, 4) is 0 Å². The summed E-state index contributed by atoms with van der Waals surface area (Å²) < 4.78 is 40.0. The van der Waals surface area contributed by atoms with Crippen LogP contribution in [0.1, 0.15) is 12.5 Å². The summed E-state index contributed by atoms with van der Waals surface area (Å²) in [6.07, 6.45) is 0. The minimum Gasteiger partial charge on any atom is -0.267 e. The Kier molecular flexibility index (Phi) is 4.65. The molecule has 2 aromatic carbocycles. The fourth-order valence-corrected chi connectivity index (χ4v) is 3.68. The van der Waals surface area contributed by atoms with E-state index in [0.717, 1.165) is 28.1 Å². The van der Waals surface area contributed by atoms with Crippen LogP contribution in [-0.2, 0) is 10.0 Å². The highest BCUT2D eigenvalue weighted by atomic mass is 32.2. The Bertz CT molecular complexity index is 852. The smallest absolute Gasteiger partial charge is 0.267 e. The van der Waals surface area contributed by atoms with Gasteiger partial charge in [0.05, 0.1) is 15.5 Å². The third-order valence-electron chi connectivity index (χ3n) is 3.28. The number of sulfonamides is 1. The highest BCUT2D eigenvalue weighted by Crippen LogP contribution is 2.27. The Morgan fingerprint density at radius 3 is 2.48 bits per heavy atom. The molecular weight excluding hydrogens is 323 g/mol. The third kappa shape index (κ3) is 3.31. The molecule has 0 bridgehead atoms. The van der Waals surface area contributed by atoms with Crippen LogP contribution < -0.4 is 4.31 Å². The van der Waals surface area contributed by atoms with Crippen LogP contribution in [0.3, 0.4) is 0 Å². The molecule has 0 aliphatic heterocycles. The maximum Gasteiger partial charge on any atom is 0.306 e. The lowest BCUT2D eigenvalue weighted by Gasteiger charge is -2.23.